The van der Waals surface area contributed by atoms with E-state index in [1.165, 1.54) is 0 Å². The van der Waals surface area contributed by atoms with Crippen LogP contribution in [0.2, 0.25) is 0 Å². The summed E-state index contributed by atoms with van der Waals surface area (Å²) in [6.07, 6.45) is -20.1. The van der Waals surface area contributed by atoms with Gasteiger partial charge in [-0.2, -0.15) is 0 Å². The zero-order valence-corrected chi connectivity index (χ0v) is 37.3. The van der Waals surface area contributed by atoms with Crippen LogP contribution in [0.25, 0.3) is 0 Å². The highest BCUT2D eigenvalue weighted by Crippen LogP contribution is 2.69. The molecule has 4 aliphatic carbocycles. The summed E-state index contributed by atoms with van der Waals surface area (Å²) >= 11 is 0. The van der Waals surface area contributed by atoms with Gasteiger partial charge in [0.15, 0.2) is 24.7 Å². The molecule has 3 saturated carbocycles. The number of ketones is 1. The van der Waals surface area contributed by atoms with E-state index in [2.05, 4.69) is 33.8 Å². The molecule has 370 valence electrons. The molecule has 11 N–H and O–H groups in total. The maximum Gasteiger partial charge on any atom is 0.197 e. The molecule has 8 fully saturated rings. The van der Waals surface area contributed by atoms with Crippen LogP contribution in [0, 0.1) is 46.3 Å². The number of aliphatic hydroxyl groups excluding tert-OH is 11. The van der Waals surface area contributed by atoms with Crippen LogP contribution in [0.5, 0.6) is 0 Å². The number of allylic oxidation sites excluding steroid dienone is 1. The number of carbonyl (C=O) groups is 1. The fourth-order valence-corrected chi connectivity index (χ4v) is 13.9. The first-order valence-corrected chi connectivity index (χ1v) is 23.6. The molecule has 1 spiro atoms. The van der Waals surface area contributed by atoms with Gasteiger partial charge >= 0.3 is 0 Å². The quantitative estimate of drug-likeness (QED) is 0.105. The lowest BCUT2D eigenvalue weighted by Crippen LogP contribution is -2.67. The highest BCUT2D eigenvalue weighted by Gasteiger charge is 2.73. The Kier molecular flexibility index (Phi) is 13.6. The van der Waals surface area contributed by atoms with Crippen LogP contribution < -0.4 is 0 Å². The van der Waals surface area contributed by atoms with Gasteiger partial charge in [-0.05, 0) is 67.6 Å². The Balaban J connectivity index is 0.861. The van der Waals surface area contributed by atoms with Crippen molar-refractivity contribution in [2.24, 2.45) is 46.3 Å². The van der Waals surface area contributed by atoms with E-state index in [1.807, 2.05) is 0 Å². The van der Waals surface area contributed by atoms with Crippen molar-refractivity contribution in [3.05, 3.63) is 11.6 Å². The van der Waals surface area contributed by atoms with Crippen LogP contribution in [0.4, 0.5) is 0 Å². The predicted molar refractivity (Wildman–Crippen MR) is 217 cm³/mol. The van der Waals surface area contributed by atoms with Crippen molar-refractivity contribution in [2.45, 2.75) is 189 Å². The molecular formula is C45H70O20. The Morgan fingerprint density at radius 3 is 1.97 bits per heavy atom. The molecule has 9 rings (SSSR count). The summed E-state index contributed by atoms with van der Waals surface area (Å²) in [4.78, 5) is 14.6. The molecular weight excluding hydrogens is 860 g/mol. The Morgan fingerprint density at radius 2 is 1.29 bits per heavy atom. The molecule has 5 aliphatic heterocycles. The lowest BCUT2D eigenvalue weighted by molar-refractivity contribution is -0.390. The summed E-state index contributed by atoms with van der Waals surface area (Å²) in [7, 11) is 0. The number of hydrogen-bond donors (Lipinski definition) is 11. The fourth-order valence-electron chi connectivity index (χ4n) is 13.9. The zero-order chi connectivity index (χ0) is 46.7. The van der Waals surface area contributed by atoms with Gasteiger partial charge in [0.1, 0.15) is 85.1 Å². The van der Waals surface area contributed by atoms with Gasteiger partial charge in [-0.1, -0.05) is 39.3 Å². The van der Waals surface area contributed by atoms with Crippen molar-refractivity contribution in [3.63, 3.8) is 0 Å². The van der Waals surface area contributed by atoms with E-state index < -0.39 is 135 Å². The van der Waals surface area contributed by atoms with Gasteiger partial charge in [0, 0.05) is 23.7 Å². The monoisotopic (exact) mass is 930 g/mol. The van der Waals surface area contributed by atoms with Crippen molar-refractivity contribution >= 4 is 5.78 Å². The molecule has 0 radical (unpaired) electrons. The normalized spacial score (nSPS) is 56.7. The number of carbonyl (C=O) groups excluding carboxylic acids is 1. The predicted octanol–water partition coefficient (Wildman–Crippen LogP) is -2.66. The number of aliphatic hydroxyl groups is 11. The molecule has 20 nitrogen and oxygen atoms in total. The number of fused-ring (bicyclic) bond motifs is 7. The van der Waals surface area contributed by atoms with E-state index in [-0.39, 0.29) is 52.8 Å². The lowest BCUT2D eigenvalue weighted by Gasteiger charge is -2.58. The molecule has 9 aliphatic rings. The van der Waals surface area contributed by atoms with Gasteiger partial charge in [-0.25, -0.2) is 0 Å². The third kappa shape index (κ3) is 7.73. The average molecular weight is 931 g/mol. The molecule has 5 heterocycles. The van der Waals surface area contributed by atoms with Gasteiger partial charge in [-0.15, -0.1) is 0 Å². The molecule has 0 aromatic heterocycles. The summed E-state index contributed by atoms with van der Waals surface area (Å²) in [5.41, 5.74) is 0.262. The van der Waals surface area contributed by atoms with Gasteiger partial charge in [0.2, 0.25) is 0 Å². The lowest BCUT2D eigenvalue weighted by atomic mass is 9.46. The minimum absolute atomic E-state index is 0.0604. The topological polar surface area (TPSA) is 313 Å². The van der Waals surface area contributed by atoms with E-state index in [0.717, 1.165) is 18.4 Å². The maximum absolute atomic E-state index is 14.6. The minimum atomic E-state index is -1.91. The van der Waals surface area contributed by atoms with Crippen LogP contribution >= 0.6 is 0 Å². The van der Waals surface area contributed by atoms with Crippen LogP contribution in [-0.4, -0.2) is 205 Å². The van der Waals surface area contributed by atoms with Crippen molar-refractivity contribution in [1.29, 1.82) is 0 Å². The van der Waals surface area contributed by atoms with Gasteiger partial charge in [0.05, 0.1) is 38.6 Å². The van der Waals surface area contributed by atoms with E-state index in [9.17, 15) is 61.0 Å². The molecule has 0 aromatic rings. The fraction of sp³-hybridized carbons (Fsp3) is 0.933. The Morgan fingerprint density at radius 1 is 0.692 bits per heavy atom. The van der Waals surface area contributed by atoms with Crippen LogP contribution in [-0.2, 0) is 42.7 Å². The largest absolute Gasteiger partial charge is 0.394 e. The molecule has 0 bridgehead atoms. The Hall–Kier alpha value is -1.35. The van der Waals surface area contributed by atoms with Crippen molar-refractivity contribution in [2.75, 3.05) is 26.4 Å². The summed E-state index contributed by atoms with van der Waals surface area (Å²) < 4.78 is 48.3. The van der Waals surface area contributed by atoms with Crippen molar-refractivity contribution in [3.8, 4) is 0 Å². The van der Waals surface area contributed by atoms with Gasteiger partial charge < -0.3 is 94.1 Å². The zero-order valence-electron chi connectivity index (χ0n) is 37.3. The molecule has 5 saturated heterocycles. The summed E-state index contributed by atoms with van der Waals surface area (Å²) in [5, 5.41) is 117. The second-order valence-electron chi connectivity index (χ2n) is 21.1. The average Bonchev–Trinajstić information content (AvgIpc) is 3.75. The van der Waals surface area contributed by atoms with E-state index in [4.69, 9.17) is 37.9 Å². The first-order valence-electron chi connectivity index (χ1n) is 23.6. The molecule has 20 heteroatoms. The third-order valence-electron chi connectivity index (χ3n) is 17.6. The van der Waals surface area contributed by atoms with Crippen LogP contribution in [0.1, 0.15) is 72.6 Å². The standard InChI is InChI=1S/C45H70O20/c1-17-9-29(50)45(58-16-17)18(2)30-24(65-45)11-23-21-6-5-19-10-20(7-8-43(19,3)22(21)12-28(49)44(23,30)4)59-40-37(57)35(55)38(27(15-48)62-40)63-42-39(34(54)32(52)26(14-47)61-42)64-41-36(56)33(53)31(51)25(13-46)60-41/h5,17-18,20-27,29-42,46-48,50-57H,6-16H2,1-4H3/t17-,18+,20-,21+,22-,23+,24+,25-,26-,27+,29+,30-,31-,32-,33+,34+,35+,36-,37+,38-,39-,40+,41-,42+,43+,44-,45+/m1/s1. The second kappa shape index (κ2) is 18.1. The SMILES string of the molecule is C[C@H]1CO[C@@]2(O[C@H]3C[C@H]4[C@H]5CC=C6C[C@H](O[C@H]7O[C@@H](CO)[C@@H](O[C@@H]8O[C@H](CO)[C@@H](O)[C@H](O)[C@H]8O[C@H]8O[C@H](CO)[C@@H](O)[C@H](O)[C@H]8O)[C@@H](O)[C@@H]7O)CC[C@]6(C)[C@@H]5CC(=O)[C@]4(C)[C@@H]3[C@@H]2C)[C@@H](O)C1. The number of hydrogen-bond acceptors (Lipinski definition) is 20. The van der Waals surface area contributed by atoms with Gasteiger partial charge in [0.25, 0.3) is 0 Å². The Labute approximate surface area is 377 Å². The summed E-state index contributed by atoms with van der Waals surface area (Å²) in [6.45, 7) is 6.67. The molecule has 0 unspecified atom stereocenters. The maximum atomic E-state index is 14.6. The minimum Gasteiger partial charge on any atom is -0.394 e. The molecule has 0 aromatic carbocycles. The molecule has 65 heavy (non-hydrogen) atoms. The molecule has 27 atom stereocenters. The summed E-state index contributed by atoms with van der Waals surface area (Å²) in [6, 6.07) is 0. The van der Waals surface area contributed by atoms with E-state index in [1.54, 1.807) is 0 Å². The first kappa shape index (κ1) is 48.7. The molecule has 0 amide bonds. The van der Waals surface area contributed by atoms with Crippen molar-refractivity contribution < 1.29 is 98.9 Å². The summed E-state index contributed by atoms with van der Waals surface area (Å²) in [5.74, 6) is -0.365. The van der Waals surface area contributed by atoms with E-state index >= 15 is 0 Å². The number of ether oxygens (including phenoxy) is 8. The smallest absolute Gasteiger partial charge is 0.197 e. The third-order valence-corrected chi connectivity index (χ3v) is 17.6. The van der Waals surface area contributed by atoms with Crippen molar-refractivity contribution in [1.82, 2.24) is 0 Å². The van der Waals surface area contributed by atoms with E-state index in [0.29, 0.717) is 38.7 Å². The van der Waals surface area contributed by atoms with Crippen LogP contribution in [0.15, 0.2) is 11.6 Å². The van der Waals surface area contributed by atoms with Crippen LogP contribution in [0.3, 0.4) is 0 Å². The Bertz CT molecular complexity index is 1750. The van der Waals surface area contributed by atoms with Gasteiger partial charge in [-0.3, -0.25) is 4.79 Å². The highest BCUT2D eigenvalue weighted by atomic mass is 16.8. The number of rotatable bonds is 9. The first-order chi connectivity index (χ1) is 30.8. The number of Topliss-reactive ketones (excluding diaryl/α,β-unsaturated/α-hetero) is 1. The second-order valence-corrected chi connectivity index (χ2v) is 21.1. The highest BCUT2D eigenvalue weighted by molar-refractivity contribution is 5.87.